The van der Waals surface area contributed by atoms with Crippen LogP contribution >= 0.6 is 0 Å². The second-order valence-electron chi connectivity index (χ2n) is 7.37. The first kappa shape index (κ1) is 13.4. The van der Waals surface area contributed by atoms with Crippen molar-refractivity contribution in [2.24, 2.45) is 22.7 Å². The van der Waals surface area contributed by atoms with Crippen molar-refractivity contribution in [3.63, 3.8) is 0 Å². The maximum atomic E-state index is 8.96. The van der Waals surface area contributed by atoms with E-state index < -0.39 is 0 Å². The average molecular weight is 239 g/mol. The van der Waals surface area contributed by atoms with Crippen LogP contribution in [-0.2, 0) is 0 Å². The molecule has 0 radical (unpaired) electrons. The zero-order chi connectivity index (χ0) is 12.7. The van der Waals surface area contributed by atoms with E-state index in [4.69, 9.17) is 5.11 Å². The topological polar surface area (TPSA) is 32.3 Å². The molecule has 2 bridgehead atoms. The molecular formula is C15H29NO. The molecule has 0 aromatic rings. The molecule has 0 saturated heterocycles. The Labute approximate surface area is 106 Å². The molecule has 0 spiro atoms. The largest absolute Gasteiger partial charge is 0.396 e. The van der Waals surface area contributed by atoms with Crippen LogP contribution in [0.5, 0.6) is 0 Å². The highest BCUT2D eigenvalue weighted by atomic mass is 16.3. The van der Waals surface area contributed by atoms with Crippen LogP contribution in [0.3, 0.4) is 0 Å². The highest BCUT2D eigenvalue weighted by Crippen LogP contribution is 2.62. The van der Waals surface area contributed by atoms with Crippen molar-refractivity contribution in [2.45, 2.75) is 59.4 Å². The van der Waals surface area contributed by atoms with E-state index in [9.17, 15) is 0 Å². The van der Waals surface area contributed by atoms with Gasteiger partial charge in [0.1, 0.15) is 0 Å². The highest BCUT2D eigenvalue weighted by Gasteiger charge is 2.58. The fourth-order valence-corrected chi connectivity index (χ4v) is 4.45. The van der Waals surface area contributed by atoms with Gasteiger partial charge in [0.05, 0.1) is 0 Å². The summed E-state index contributed by atoms with van der Waals surface area (Å²) in [4.78, 5) is 0. The van der Waals surface area contributed by atoms with Crippen molar-refractivity contribution in [1.29, 1.82) is 0 Å². The summed E-state index contributed by atoms with van der Waals surface area (Å²) in [6.45, 7) is 10.9. The Balaban J connectivity index is 1.96. The summed E-state index contributed by atoms with van der Waals surface area (Å²) in [6.07, 6.45) is 5.15. The molecule has 17 heavy (non-hydrogen) atoms. The second kappa shape index (κ2) is 4.55. The van der Waals surface area contributed by atoms with Crippen molar-refractivity contribution in [1.82, 2.24) is 5.32 Å². The molecule has 2 aliphatic carbocycles. The number of fused-ring (bicyclic) bond motifs is 2. The monoisotopic (exact) mass is 239 g/mol. The van der Waals surface area contributed by atoms with Gasteiger partial charge in [0, 0.05) is 12.6 Å². The van der Waals surface area contributed by atoms with Gasteiger partial charge in [-0.25, -0.2) is 0 Å². The first-order chi connectivity index (χ1) is 7.90. The smallest absolute Gasteiger partial charge is 0.0434 e. The first-order valence-electron chi connectivity index (χ1n) is 7.24. The number of hydrogen-bond donors (Lipinski definition) is 2. The third kappa shape index (κ3) is 2.26. The van der Waals surface area contributed by atoms with E-state index in [0.717, 1.165) is 18.9 Å². The van der Waals surface area contributed by atoms with Crippen molar-refractivity contribution < 1.29 is 5.11 Å². The van der Waals surface area contributed by atoms with Crippen molar-refractivity contribution in [3.05, 3.63) is 0 Å². The molecule has 2 unspecified atom stereocenters. The van der Waals surface area contributed by atoms with Crippen molar-refractivity contribution in [2.75, 3.05) is 13.2 Å². The summed E-state index contributed by atoms with van der Waals surface area (Å²) in [5, 5.41) is 12.8. The Hall–Kier alpha value is -0.0800. The molecule has 2 heteroatoms. The van der Waals surface area contributed by atoms with Crippen LogP contribution in [-0.4, -0.2) is 24.3 Å². The van der Waals surface area contributed by atoms with Gasteiger partial charge in [-0.1, -0.05) is 27.7 Å². The molecule has 0 aromatic heterocycles. The van der Waals surface area contributed by atoms with E-state index >= 15 is 0 Å². The zero-order valence-corrected chi connectivity index (χ0v) is 11.9. The quantitative estimate of drug-likeness (QED) is 0.773. The van der Waals surface area contributed by atoms with E-state index in [1.54, 1.807) is 0 Å². The summed E-state index contributed by atoms with van der Waals surface area (Å²) in [5.41, 5.74) is 0.971. The molecule has 2 rings (SSSR count). The third-order valence-electron chi connectivity index (χ3n) is 5.56. The Morgan fingerprint density at radius 1 is 1.35 bits per heavy atom. The maximum absolute atomic E-state index is 8.96. The summed E-state index contributed by atoms with van der Waals surface area (Å²) in [6, 6.07) is 0.662. The average Bonchev–Trinajstić information content (AvgIpc) is 2.69. The van der Waals surface area contributed by atoms with E-state index in [-0.39, 0.29) is 0 Å². The predicted molar refractivity (Wildman–Crippen MR) is 71.9 cm³/mol. The van der Waals surface area contributed by atoms with Gasteiger partial charge in [-0.15, -0.1) is 0 Å². The van der Waals surface area contributed by atoms with Crippen LogP contribution in [0, 0.1) is 22.7 Å². The van der Waals surface area contributed by atoms with E-state index in [1.165, 1.54) is 19.3 Å². The molecule has 0 aromatic carbocycles. The zero-order valence-electron chi connectivity index (χ0n) is 11.9. The molecule has 0 amide bonds. The molecule has 2 aliphatic rings. The van der Waals surface area contributed by atoms with Gasteiger partial charge >= 0.3 is 0 Å². The minimum atomic E-state index is 0.316. The summed E-state index contributed by atoms with van der Waals surface area (Å²) in [5.74, 6) is 1.50. The van der Waals surface area contributed by atoms with Gasteiger partial charge in [0.2, 0.25) is 0 Å². The lowest BCUT2D eigenvalue weighted by Crippen LogP contribution is -2.51. The number of aliphatic hydroxyl groups excluding tert-OH is 1. The molecule has 2 saturated carbocycles. The van der Waals surface area contributed by atoms with Crippen LogP contribution in [0.2, 0.25) is 0 Å². The standard InChI is InChI=1S/C15H29NO/c1-11(6-8-17)10-16-13-14(2,3)12-5-7-15(13,4)9-12/h11-13,16-17H,5-10H2,1-4H3/t11?,12-,13?,15+/m0/s1. The van der Waals surface area contributed by atoms with Crippen LogP contribution in [0.4, 0.5) is 0 Å². The fraction of sp³-hybridized carbons (Fsp3) is 1.00. The number of nitrogens with one attached hydrogen (secondary N) is 1. The van der Waals surface area contributed by atoms with Crippen LogP contribution in [0.1, 0.15) is 53.4 Å². The molecule has 4 atom stereocenters. The Bertz CT molecular complexity index is 271. The van der Waals surface area contributed by atoms with Crippen LogP contribution < -0.4 is 5.32 Å². The van der Waals surface area contributed by atoms with Crippen molar-refractivity contribution >= 4 is 0 Å². The molecule has 2 fully saturated rings. The lowest BCUT2D eigenvalue weighted by Gasteiger charge is -2.43. The summed E-state index contributed by atoms with van der Waals surface area (Å²) in [7, 11) is 0. The molecule has 2 nitrogen and oxygen atoms in total. The van der Waals surface area contributed by atoms with Gasteiger partial charge in [0.15, 0.2) is 0 Å². The second-order valence-corrected chi connectivity index (χ2v) is 7.37. The fourth-order valence-electron chi connectivity index (χ4n) is 4.45. The molecule has 100 valence electrons. The van der Waals surface area contributed by atoms with E-state index in [1.807, 2.05) is 0 Å². The molecule has 0 aliphatic heterocycles. The summed E-state index contributed by atoms with van der Waals surface area (Å²) < 4.78 is 0. The normalized spacial score (nSPS) is 40.8. The van der Waals surface area contributed by atoms with Crippen LogP contribution in [0.25, 0.3) is 0 Å². The first-order valence-corrected chi connectivity index (χ1v) is 7.24. The van der Waals surface area contributed by atoms with Crippen LogP contribution in [0.15, 0.2) is 0 Å². The van der Waals surface area contributed by atoms with Gasteiger partial charge in [-0.3, -0.25) is 0 Å². The van der Waals surface area contributed by atoms with Gasteiger partial charge in [-0.2, -0.15) is 0 Å². The lowest BCUT2D eigenvalue weighted by atomic mass is 9.68. The summed E-state index contributed by atoms with van der Waals surface area (Å²) >= 11 is 0. The Morgan fingerprint density at radius 2 is 2.06 bits per heavy atom. The minimum absolute atomic E-state index is 0.316. The molecule has 2 N–H and O–H groups in total. The maximum Gasteiger partial charge on any atom is 0.0434 e. The number of hydrogen-bond acceptors (Lipinski definition) is 2. The Kier molecular flexibility index (Phi) is 3.57. The molecular weight excluding hydrogens is 210 g/mol. The van der Waals surface area contributed by atoms with Gasteiger partial charge in [0.25, 0.3) is 0 Å². The van der Waals surface area contributed by atoms with E-state index in [2.05, 4.69) is 33.0 Å². The Morgan fingerprint density at radius 3 is 2.59 bits per heavy atom. The number of rotatable bonds is 5. The van der Waals surface area contributed by atoms with E-state index in [0.29, 0.717) is 29.4 Å². The highest BCUT2D eigenvalue weighted by molar-refractivity contribution is 5.11. The SMILES string of the molecule is CC(CCO)CNC1C(C)(C)[C@H]2CC[C@]1(C)C2. The minimum Gasteiger partial charge on any atom is -0.396 e. The predicted octanol–water partition coefficient (Wildman–Crippen LogP) is 2.81. The molecule has 0 heterocycles. The van der Waals surface area contributed by atoms with Gasteiger partial charge in [-0.05, 0) is 54.9 Å². The van der Waals surface area contributed by atoms with Crippen molar-refractivity contribution in [3.8, 4) is 0 Å². The van der Waals surface area contributed by atoms with Gasteiger partial charge < -0.3 is 10.4 Å². The third-order valence-corrected chi connectivity index (χ3v) is 5.56. The number of aliphatic hydroxyl groups is 1. The lowest BCUT2D eigenvalue weighted by molar-refractivity contribution is 0.104.